The molecule has 25 N–H and O–H groups in total. The maximum Gasteiger partial charge on any atom is 0.397 e. The van der Waals surface area contributed by atoms with Gasteiger partial charge in [0.15, 0.2) is 68.4 Å². The molecule has 0 radical (unpaired) electrons. The molecule has 82 heteroatoms. The van der Waals surface area contributed by atoms with E-state index in [0.29, 0.717) is 27.7 Å². The number of rotatable bonds is 45. The highest BCUT2D eigenvalue weighted by Gasteiger charge is 2.65. The highest BCUT2D eigenvalue weighted by atomic mass is 32.3. The number of benzene rings is 1. The van der Waals surface area contributed by atoms with Crippen LogP contribution in [0.1, 0.15) is 27.7 Å². The summed E-state index contributed by atoms with van der Waals surface area (Å²) in [5.41, 5.74) is 0. The van der Waals surface area contributed by atoms with Crippen molar-refractivity contribution in [3.8, 4) is 11.5 Å². The summed E-state index contributed by atoms with van der Waals surface area (Å²) in [7, 11) is -46.6. The Bertz CT molecular complexity index is 5700. The van der Waals surface area contributed by atoms with E-state index in [1.807, 2.05) is 21.3 Å². The predicted octanol–water partition coefficient (Wildman–Crippen LogP) is -16.8. The molecule has 74 nitrogen and oxygen atoms in total. The van der Waals surface area contributed by atoms with Crippen molar-refractivity contribution in [1.82, 2.24) is 21.3 Å². The number of ether oxygens (including phenoxy) is 17. The number of hydrogen-bond acceptors (Lipinski definition) is 58. The molecule has 0 spiro atoms. The summed E-state index contributed by atoms with van der Waals surface area (Å²) < 4.78 is 407. The smallest absolute Gasteiger partial charge is 0.397 e. The summed E-state index contributed by atoms with van der Waals surface area (Å²) >= 11 is 0. The van der Waals surface area contributed by atoms with E-state index in [0.717, 1.165) is 0 Å². The minimum Gasteiger partial charge on any atom is -0.497 e. The van der Waals surface area contributed by atoms with E-state index in [2.05, 4.69) is 25.1 Å². The zero-order chi connectivity index (χ0) is 109. The number of aliphatic hydroxyl groups excluding tert-OH is 9. The highest BCUT2D eigenvalue weighted by Crippen LogP contribution is 2.43. The average molecular weight is 2280 g/mol. The topological polar surface area (TPSA) is 1110 Å². The van der Waals surface area contributed by atoms with Crippen LogP contribution in [0.3, 0.4) is 0 Å². The van der Waals surface area contributed by atoms with Crippen LogP contribution in [0.5, 0.6) is 11.5 Å². The molecule has 40 atom stereocenters. The lowest BCUT2D eigenvalue weighted by molar-refractivity contribution is -0.378. The minimum atomic E-state index is -6.32. The second-order valence-electron chi connectivity index (χ2n) is 31.3. The van der Waals surface area contributed by atoms with E-state index in [9.17, 15) is 209 Å². The Morgan fingerprint density at radius 3 is 0.697 bits per heavy atom. The molecule has 1 aromatic rings. The molecule has 8 saturated heterocycles. The predicted molar refractivity (Wildman–Crippen MR) is 428 cm³/mol. The summed E-state index contributed by atoms with van der Waals surface area (Å²) in [5, 5.41) is 157. The van der Waals surface area contributed by atoms with Crippen LogP contribution in [0.15, 0.2) is 24.3 Å². The second-order valence-corrected chi connectivity index (χ2v) is 39.9. The standard InChI is InChI=1S/C63H92N4O70S8/c1-14(68)64-24-28(72)37(134-142(101,102)103)20(10-114-138(89,90)91)119-56(24)126-44-30(74)34(78)61(131-49(44)53(83)84)123-42-26(66-16(3)70)58(121-22(12-116-140(95,96)97)39(42)136-144(107,108)109)128-46-32(76)36(80)63(133-51(46)55(87)88)125-43-27(67-17(4)71)59(122-23(13-117-141(98,99)100)40(43)137-145(110,111)112)129-47-31(75)35(79)62(132-50(47)54(85)86)124-41-25(65-15(2)69)57(120-21(11-115-139(92,93)94)38(41)135-143(104,105)106)127-45-29(73)33(77)60(130-48(45)52(81)82)118-19-8-6-18(113-5)7-9-19/h6-9,20-51,56-63,72-80H,10-13H2,1-5H3,(H,64,68)(H,65,69)(H,66,70)(H,67,71)(H,81,82)(H,83,84)(H,85,86)(H,87,88)(H,89,90,91)(H,92,93,94)(H,95,96,97)(H,98,99,100)(H,101,102,103)(H,104,105,106)(H,107,108,109)(H,110,111,112)/t20-,21-,22-,23-,24-,25-,26-,27-,28-,29-,30-,31-,32-,33-,34-,35-,36-,37+,38+,39+,40+,41-,42-,43-,44+,45+,46+,47+,48+,49+,50+,51+,56+,57+,58+,59+,60-,61-,62-,63-/m1/s1. The SMILES string of the molecule is COc1ccc(O[C@@H]2O[C@H](C(=O)O)[C@@H](O[C@@H]3O[C@H](COS(=O)(=O)O)[C@H](OS(=O)(=O)O)[C@H](O[C@@H]4O[C@H](C(=O)O)[C@@H](O[C@@H]5O[C@H](COS(=O)(=O)O)[C@H](OS(=O)(=O)O)[C@H](O[C@@H]6O[C@H](C(=O)O)[C@@H](O[C@@H]7O[C@H](COS(=O)(=O)O)[C@H](OS(=O)(=O)O)[C@H](O[C@@H]8O[C@H](C(=O)O)[C@@H](O[C@@H]9O[C@H](COS(=O)(=O)O)[C@H](OS(=O)(=O)O)[C@H](O)[C@H]9NC(C)=O)[C@H](O)[C@H]8O)[C@H]7NC(C)=O)[C@H](O)[C@H]6O)[C@H]5NC(C)=O)[C@H](O)[C@H]4O)[C@H]3NC(C)=O)[C@H](O)[C@H]2O)cc1. The highest BCUT2D eigenvalue weighted by molar-refractivity contribution is 7.82. The minimum absolute atomic E-state index is 0.190. The summed E-state index contributed by atoms with van der Waals surface area (Å²) in [6.07, 6.45) is -106. The largest absolute Gasteiger partial charge is 0.497 e. The third-order valence-corrected chi connectivity index (χ3v) is 24.6. The first-order chi connectivity index (χ1) is 66.6. The Hall–Kier alpha value is -7.42. The molecule has 1 aromatic carbocycles. The molecule has 9 rings (SSSR count). The van der Waals surface area contributed by atoms with Crippen LogP contribution in [0.2, 0.25) is 0 Å². The van der Waals surface area contributed by atoms with Gasteiger partial charge in [0, 0.05) is 27.7 Å². The number of carbonyl (C=O) groups excluding carboxylic acids is 4. The van der Waals surface area contributed by atoms with Crippen molar-refractivity contribution in [3.05, 3.63) is 24.3 Å². The summed E-state index contributed by atoms with van der Waals surface area (Å²) in [6, 6.07) is -5.66. The van der Waals surface area contributed by atoms with E-state index in [1.54, 1.807) is 0 Å². The number of carbonyl (C=O) groups is 8. The molecule has 145 heavy (non-hydrogen) atoms. The van der Waals surface area contributed by atoms with E-state index >= 15 is 0 Å². The molecule has 8 aliphatic heterocycles. The van der Waals surface area contributed by atoms with Crippen LogP contribution >= 0.6 is 0 Å². The maximum atomic E-state index is 13.7. The number of aliphatic carboxylic acids is 4. The fourth-order valence-electron chi connectivity index (χ4n) is 15.4. The molecular formula is C63H92N4O70S8. The fourth-order valence-corrected chi connectivity index (χ4v) is 18.7. The van der Waals surface area contributed by atoms with Crippen LogP contribution in [0.4, 0.5) is 0 Å². The van der Waals surface area contributed by atoms with Gasteiger partial charge in [0.25, 0.3) is 0 Å². The van der Waals surface area contributed by atoms with Crippen LogP contribution in [-0.2, 0) is 226 Å². The van der Waals surface area contributed by atoms with Crippen molar-refractivity contribution in [2.75, 3.05) is 33.5 Å². The third kappa shape index (κ3) is 33.3. The van der Waals surface area contributed by atoms with Crippen LogP contribution < -0.4 is 30.7 Å². The van der Waals surface area contributed by atoms with Crippen LogP contribution in [-0.4, -0.2) is 497 Å². The molecule has 0 aliphatic carbocycles. The van der Waals surface area contributed by atoms with Gasteiger partial charge >= 0.3 is 107 Å². The first-order valence-corrected chi connectivity index (χ1v) is 50.9. The van der Waals surface area contributed by atoms with E-state index in [4.69, 9.17) is 88.9 Å². The number of carboxylic acid groups (broad SMARTS) is 4. The van der Waals surface area contributed by atoms with Crippen molar-refractivity contribution in [3.63, 3.8) is 0 Å². The van der Waals surface area contributed by atoms with Gasteiger partial charge in [0.05, 0.1) is 33.5 Å². The summed E-state index contributed by atoms with van der Waals surface area (Å²) in [5.74, 6) is -15.2. The molecule has 8 heterocycles. The van der Waals surface area contributed by atoms with Gasteiger partial charge in [-0.1, -0.05) is 0 Å². The normalized spacial score (nSPS) is 38.0. The number of aliphatic hydroxyl groups is 9. The van der Waals surface area contributed by atoms with Crippen molar-refractivity contribution in [2.24, 2.45) is 0 Å². The van der Waals surface area contributed by atoms with E-state index in [-0.39, 0.29) is 11.5 Å². The van der Waals surface area contributed by atoms with Crippen molar-refractivity contribution < 1.29 is 322 Å². The Labute approximate surface area is 813 Å². The lowest BCUT2D eigenvalue weighted by Gasteiger charge is -2.51. The van der Waals surface area contributed by atoms with Gasteiger partial charge in [-0.2, -0.15) is 67.3 Å². The van der Waals surface area contributed by atoms with Gasteiger partial charge in [-0.3, -0.25) is 55.6 Å². The van der Waals surface area contributed by atoms with Crippen molar-refractivity contribution >= 4 is 131 Å². The van der Waals surface area contributed by atoms with Gasteiger partial charge in [-0.25, -0.2) is 52.6 Å². The number of carboxylic acids is 4. The molecule has 832 valence electrons. The number of methoxy groups -OCH3 is 1. The zero-order valence-corrected chi connectivity index (χ0v) is 79.4. The second kappa shape index (κ2) is 48.5. The lowest BCUT2D eigenvalue weighted by atomic mass is 9.93. The first kappa shape index (κ1) is 121. The maximum absolute atomic E-state index is 13.7. The molecular weight excluding hydrogens is 2190 g/mol. The number of nitrogens with one attached hydrogen (secondary N) is 4. The number of hydrogen-bond donors (Lipinski definition) is 25. The van der Waals surface area contributed by atoms with Gasteiger partial charge in [-0.05, 0) is 24.3 Å². The Morgan fingerprint density at radius 2 is 0.469 bits per heavy atom. The van der Waals surface area contributed by atoms with Crippen LogP contribution in [0.25, 0.3) is 0 Å². The molecule has 4 amide bonds. The van der Waals surface area contributed by atoms with Gasteiger partial charge in [-0.15, -0.1) is 0 Å². The van der Waals surface area contributed by atoms with Gasteiger partial charge in [0.1, 0.15) is 182 Å². The van der Waals surface area contributed by atoms with E-state index in [1.165, 1.54) is 31.4 Å². The zero-order valence-electron chi connectivity index (χ0n) is 72.9. The molecule has 0 bridgehead atoms. The monoisotopic (exact) mass is 2280 g/mol. The Morgan fingerprint density at radius 1 is 0.262 bits per heavy atom. The quantitative estimate of drug-likeness (QED) is 0.0270. The van der Waals surface area contributed by atoms with Gasteiger partial charge < -0.3 is 168 Å². The fraction of sp³-hybridized carbons (Fsp3) is 0.778. The first-order valence-electron chi connectivity index (χ1n) is 40.0. The third-order valence-electron chi connectivity index (χ3n) is 21.0. The summed E-state index contributed by atoms with van der Waals surface area (Å²) in [6.45, 7) is -5.13. The lowest BCUT2D eigenvalue weighted by Crippen LogP contribution is -2.72. The Balaban J connectivity index is 1.07. The van der Waals surface area contributed by atoms with Crippen LogP contribution in [0, 0.1) is 0 Å². The Kier molecular flexibility index (Phi) is 40.5. The van der Waals surface area contributed by atoms with Gasteiger partial charge in [0.2, 0.25) is 29.9 Å². The number of amides is 4. The van der Waals surface area contributed by atoms with Crippen molar-refractivity contribution in [2.45, 2.75) is 273 Å². The average Bonchev–Trinajstić information content (AvgIpc) is 0.754. The molecule has 0 unspecified atom stereocenters. The van der Waals surface area contributed by atoms with Crippen molar-refractivity contribution in [1.29, 1.82) is 0 Å². The molecule has 0 aromatic heterocycles. The molecule has 0 saturated carbocycles. The van der Waals surface area contributed by atoms with E-state index < -0.39 is 403 Å². The molecule has 8 fully saturated rings. The molecule has 8 aliphatic rings. The summed E-state index contributed by atoms with van der Waals surface area (Å²) in [4.78, 5) is 106.